The van der Waals surface area contributed by atoms with Crippen molar-refractivity contribution in [3.63, 3.8) is 0 Å². The minimum absolute atomic E-state index is 0.0163. The Hall–Kier alpha value is -13.7. The molecule has 738 valence electrons. The number of primary amides is 1. The summed E-state index contributed by atoms with van der Waals surface area (Å²) in [4.78, 5) is 115. The van der Waals surface area contributed by atoms with Crippen LogP contribution in [0.3, 0.4) is 0 Å². The quantitative estimate of drug-likeness (QED) is 0.0932. The number of rotatable bonds is 11. The van der Waals surface area contributed by atoms with Crippen molar-refractivity contribution in [1.82, 2.24) is 34.5 Å². The van der Waals surface area contributed by atoms with E-state index in [1.54, 1.807) is 144 Å². The Morgan fingerprint density at radius 3 is 1.34 bits per heavy atom. The molecule has 0 saturated carbocycles. The second-order valence-corrected chi connectivity index (χ2v) is 43.4. The van der Waals surface area contributed by atoms with E-state index >= 15 is 0 Å². The number of fused-ring (bicyclic) bond motifs is 5. The van der Waals surface area contributed by atoms with Gasteiger partial charge in [-0.15, -0.1) is 11.8 Å². The van der Waals surface area contributed by atoms with Gasteiger partial charge >= 0.3 is 0 Å². The number of hydrogen-bond donors (Lipinski definition) is 1. The Labute approximate surface area is 834 Å². The number of aromatic nitrogens is 2. The lowest BCUT2D eigenvalue weighted by atomic mass is 9.95. The number of nitrogens with zero attached hydrogens (tertiary/aromatic N) is 15. The Bertz CT molecular complexity index is 6630. The highest BCUT2D eigenvalue weighted by atomic mass is 32.2. The fourth-order valence-corrected chi connectivity index (χ4v) is 22.7. The highest BCUT2D eigenvalue weighted by molar-refractivity contribution is 7.99. The number of carbonyl (C=O) groups is 6. The van der Waals surface area contributed by atoms with Crippen LogP contribution >= 0.6 is 11.8 Å². The van der Waals surface area contributed by atoms with Crippen molar-refractivity contribution in [2.24, 2.45) is 11.7 Å². The van der Waals surface area contributed by atoms with Crippen molar-refractivity contribution in [3.8, 4) is 5.75 Å². The summed E-state index contributed by atoms with van der Waals surface area (Å²) < 4.78 is 100.0. The molecule has 5 fully saturated rings. The molecule has 12 heterocycles. The highest BCUT2D eigenvalue weighted by Crippen LogP contribution is 2.45. The van der Waals surface area contributed by atoms with E-state index in [0.717, 1.165) is 108 Å². The lowest BCUT2D eigenvalue weighted by Crippen LogP contribution is -2.43. The molecule has 1 unspecified atom stereocenters. The van der Waals surface area contributed by atoms with Gasteiger partial charge in [-0.05, 0) is 263 Å². The number of amides is 6. The molecule has 0 bridgehead atoms. The lowest BCUT2D eigenvalue weighted by Gasteiger charge is -2.35. The number of anilines is 10. The third-order valence-corrected chi connectivity index (χ3v) is 32.2. The van der Waals surface area contributed by atoms with E-state index in [-0.39, 0.29) is 58.7 Å². The van der Waals surface area contributed by atoms with Crippen LogP contribution in [-0.4, -0.2) is 227 Å². The number of likely N-dealkylation sites (tertiary alicyclic amines) is 5. The third-order valence-electron chi connectivity index (χ3n) is 28.1. The van der Waals surface area contributed by atoms with E-state index in [4.69, 9.17) is 30.2 Å². The average molecular weight is 1980 g/mol. The molecule has 2 N–H and O–H groups in total. The molecule has 2 aromatic heterocycles. The van der Waals surface area contributed by atoms with Crippen LogP contribution in [0, 0.1) is 32.6 Å². The van der Waals surface area contributed by atoms with Crippen LogP contribution in [0.5, 0.6) is 5.75 Å². The third kappa shape index (κ3) is 23.9. The van der Waals surface area contributed by atoms with Crippen LogP contribution in [0.1, 0.15) is 179 Å². The molecule has 20 rings (SSSR count). The second-order valence-electron chi connectivity index (χ2n) is 38.6. The number of piperidine rings is 5. The summed E-state index contributed by atoms with van der Waals surface area (Å²) in [5.41, 5.74) is 16.0. The number of alkyl halides is 4. The van der Waals surface area contributed by atoms with Crippen LogP contribution in [0.15, 0.2) is 215 Å². The summed E-state index contributed by atoms with van der Waals surface area (Å²) >= 11 is 1.75. The average Bonchev–Trinajstić information content (AvgIpc) is 0.755. The summed E-state index contributed by atoms with van der Waals surface area (Å²) in [6, 6.07) is 57.7. The van der Waals surface area contributed by atoms with Crippen LogP contribution < -0.4 is 35.0 Å². The molecule has 0 spiro atoms. The van der Waals surface area contributed by atoms with Crippen LogP contribution in [0.4, 0.5) is 91.6 Å². The van der Waals surface area contributed by atoms with Gasteiger partial charge in [0.15, 0.2) is 38.5 Å². The lowest BCUT2D eigenvalue weighted by molar-refractivity contribution is 0.0493. The molecule has 33 heteroatoms. The molecule has 10 aliphatic heterocycles. The number of carbonyl (C=O) groups excluding carboxylic acids is 6. The Morgan fingerprint density at radius 1 is 0.444 bits per heavy atom. The molecule has 5 saturated heterocycles. The molecule has 142 heavy (non-hydrogen) atoms. The van der Waals surface area contributed by atoms with Crippen molar-refractivity contribution >= 4 is 142 Å². The van der Waals surface area contributed by atoms with Crippen molar-refractivity contribution in [1.29, 1.82) is 0 Å². The first-order valence-electron chi connectivity index (χ1n) is 48.3. The molecule has 0 aliphatic carbocycles. The van der Waals surface area contributed by atoms with Crippen LogP contribution in [0.25, 0.3) is 14.5 Å². The normalized spacial score (nSPS) is 18.9. The number of halogens is 4. The first-order chi connectivity index (χ1) is 68.0. The van der Waals surface area contributed by atoms with Crippen LogP contribution in [-0.2, 0) is 27.1 Å². The molecule has 8 aromatic carbocycles. The van der Waals surface area contributed by atoms with E-state index in [9.17, 15) is 59.0 Å². The van der Waals surface area contributed by atoms with Crippen molar-refractivity contribution in [3.05, 3.63) is 279 Å². The van der Waals surface area contributed by atoms with Crippen LogP contribution in [0.2, 0.25) is 0 Å². The standard InChI is InChI=1S/C23H28N2O.C22H22FN3O3S.C22H22FN3O2S.C22H22FN3OS.C20H22FN5O3/c1-17-5-8-21(9-6-17)25-13-3-4-19-16-20(7-10-22(19)25)23(26)24-14-11-18(2)12-15-24;1-22(23)9-11-25(12-10-22)21(27)16-3-8-19-20(15-16)30(28,29)14-13-26(19)18-6-4-17(24-2)5-7-18;1-22(23)9-11-25(12-10-22)21(27)16-3-8-19-20(15-16)29(28)14-13-26(19)18-6-4-17(24-2)5-7-18;1-22(23)9-11-25(12-10-22)21(27)16-3-8-19-20(15-16)28-14-13-26(19)18-6-4-17(24-2)5-7-18;1-20(21)4-6-25(7-5-20)19(28)13-10-16-18(24-11-13)26(8-9-29-16)14-2-3-15(17(22)27)23-12-14/h5-10,16,18H,3-4,11-15H2,1-2H3;3-8,15H,9-14H2,1H3;3-8,15H,9-14H2,1H3;3-8,15H,9-14H2,1H3;2-3,10-12H,4-9H2,1H3,(H2,22,27). The van der Waals surface area contributed by atoms with Crippen molar-refractivity contribution in [2.75, 3.05) is 147 Å². The van der Waals surface area contributed by atoms with Gasteiger partial charge in [0, 0.05) is 165 Å². The van der Waals surface area contributed by atoms with E-state index in [0.29, 0.717) is 184 Å². The largest absolute Gasteiger partial charge is 0.488 e. The second kappa shape index (κ2) is 43.4. The molecule has 1 atom stereocenters. The zero-order valence-corrected chi connectivity index (χ0v) is 83.1. The number of ether oxygens (including phenoxy) is 1. The highest BCUT2D eigenvalue weighted by Gasteiger charge is 2.40. The fraction of sp³-hybridized carbons (Fsp3) is 0.385. The van der Waals surface area contributed by atoms with E-state index in [2.05, 4.69) is 89.4 Å². The van der Waals surface area contributed by atoms with Crippen molar-refractivity contribution < 1.29 is 63.7 Å². The van der Waals surface area contributed by atoms with Gasteiger partial charge in [0.1, 0.15) is 35.0 Å². The number of thioether (sulfide) groups is 1. The fourth-order valence-electron chi connectivity index (χ4n) is 19.0. The van der Waals surface area contributed by atoms with Gasteiger partial charge in [0.25, 0.3) is 35.4 Å². The summed E-state index contributed by atoms with van der Waals surface area (Å²) in [5.74, 6) is 2.14. The van der Waals surface area contributed by atoms with Gasteiger partial charge in [-0.1, -0.05) is 61.0 Å². The van der Waals surface area contributed by atoms with Gasteiger partial charge < -0.3 is 59.5 Å². The summed E-state index contributed by atoms with van der Waals surface area (Å²) in [5, 5.41) is 0. The smallest absolute Gasteiger partial charge is 0.267 e. The zero-order chi connectivity index (χ0) is 101. The SMILES string of the molecule is CC1(F)CCN(C(=O)c2cnc3c(c2)OCCN3c2ccc(C(N)=O)nc2)CC1.Cc1ccc(N2CCCc3cc(C(=O)N4CCC(C)CC4)ccc32)cc1.[C-]#[N+]c1ccc(N2CCS(=O)(=O)c3cc(C(=O)N4CCC(C)(F)CC4)ccc32)cc1.[C-]#[N+]c1ccc(N2CCS(=O)c3cc(C(=O)N4CCC(C)(F)CC4)ccc32)cc1.[C-]#[N+]c1ccc(N2CCSc3cc(C(=O)N4CCC(C)(F)CC4)ccc32)cc1. The summed E-state index contributed by atoms with van der Waals surface area (Å²) in [6.45, 7) is 40.6. The van der Waals surface area contributed by atoms with E-state index in [1.807, 2.05) is 81.4 Å². The van der Waals surface area contributed by atoms with E-state index in [1.165, 1.54) is 34.8 Å². The predicted octanol–water partition coefficient (Wildman–Crippen LogP) is 21.1. The molecule has 10 aromatic rings. The molecule has 10 aliphatic rings. The van der Waals surface area contributed by atoms with Gasteiger partial charge in [0.05, 0.1) is 87.1 Å². The first kappa shape index (κ1) is 101. The number of sulfone groups is 1. The monoisotopic (exact) mass is 1980 g/mol. The molecular formula is C109H116F4N16O10S3. The maximum atomic E-state index is 14.0. The maximum absolute atomic E-state index is 14.0. The van der Waals surface area contributed by atoms with Gasteiger partial charge in [-0.3, -0.25) is 33.0 Å². The molecule has 0 radical (unpaired) electrons. The Morgan fingerprint density at radius 2 is 0.859 bits per heavy atom. The minimum atomic E-state index is -3.52. The molecule has 6 amide bonds. The molecular weight excluding hydrogens is 1870 g/mol. The number of benzene rings is 8. The van der Waals surface area contributed by atoms with Gasteiger partial charge in [-0.2, -0.15) is 0 Å². The number of aryl methyl sites for hydroxylation is 2. The number of pyridine rings is 2. The topological polar surface area (TPSA) is 260 Å². The van der Waals surface area contributed by atoms with Crippen molar-refractivity contribution in [2.45, 2.75) is 156 Å². The van der Waals surface area contributed by atoms with Gasteiger partial charge in [0.2, 0.25) is 0 Å². The Balaban J connectivity index is 0.000000128. The van der Waals surface area contributed by atoms with E-state index < -0.39 is 49.2 Å². The number of nitrogens with two attached hydrogens (primary N) is 1. The zero-order valence-electron chi connectivity index (χ0n) is 80.7. The molecule has 26 nitrogen and oxygen atoms in total. The predicted molar refractivity (Wildman–Crippen MR) is 548 cm³/mol. The van der Waals surface area contributed by atoms with Gasteiger partial charge in [-0.25, -0.2) is 50.5 Å². The minimum Gasteiger partial charge on any atom is -0.488 e. The number of hydrogen-bond acceptors (Lipinski definition) is 18. The maximum Gasteiger partial charge on any atom is 0.267 e. The summed E-state index contributed by atoms with van der Waals surface area (Å²) in [6.07, 6.45) is 10.2. The Kier molecular flexibility index (Phi) is 31.0. The first-order valence-corrected chi connectivity index (χ1v) is 52.2. The summed E-state index contributed by atoms with van der Waals surface area (Å²) in [7, 11) is -4.70.